The average Bonchev–Trinajstić information content (AvgIpc) is 3.00. The zero-order valence-electron chi connectivity index (χ0n) is 10.1. The van der Waals surface area contributed by atoms with Crippen molar-refractivity contribution >= 4 is 11.3 Å². The fourth-order valence-electron chi connectivity index (χ4n) is 2.87. The summed E-state index contributed by atoms with van der Waals surface area (Å²) in [5.74, 6) is 0. The van der Waals surface area contributed by atoms with E-state index in [0.29, 0.717) is 11.5 Å². The Morgan fingerprint density at radius 1 is 1.33 bits per heavy atom. The van der Waals surface area contributed by atoms with E-state index in [9.17, 15) is 10.1 Å². The highest BCUT2D eigenvalue weighted by Gasteiger charge is 2.51. The zero-order chi connectivity index (χ0) is 12.8. The molecule has 0 aromatic heterocycles. The molecule has 2 aliphatic rings. The van der Waals surface area contributed by atoms with Gasteiger partial charge in [0.15, 0.2) is 0 Å². The zero-order valence-corrected chi connectivity index (χ0v) is 10.1. The minimum absolute atomic E-state index is 0.149. The maximum Gasteiger partial charge on any atom is 0.269 e. The Balaban J connectivity index is 1.78. The maximum absolute atomic E-state index is 10.6. The maximum atomic E-state index is 10.6. The van der Waals surface area contributed by atoms with Crippen molar-refractivity contribution in [2.75, 3.05) is 0 Å². The molecule has 0 heterocycles. The first-order valence-corrected chi connectivity index (χ1v) is 6.30. The number of benzene rings is 1. The summed E-state index contributed by atoms with van der Waals surface area (Å²) >= 11 is 0. The van der Waals surface area contributed by atoms with Crippen molar-refractivity contribution in [1.82, 2.24) is 0 Å². The molecule has 0 bridgehead atoms. The van der Waals surface area contributed by atoms with E-state index in [1.807, 2.05) is 12.1 Å². The van der Waals surface area contributed by atoms with Gasteiger partial charge in [0.2, 0.25) is 0 Å². The number of nitrogens with zero attached hydrogens (tertiary/aromatic N) is 1. The first-order valence-electron chi connectivity index (χ1n) is 6.30. The minimum Gasteiger partial charge on any atom is -0.327 e. The van der Waals surface area contributed by atoms with E-state index in [-0.39, 0.29) is 10.6 Å². The molecule has 1 fully saturated rings. The second kappa shape index (κ2) is 3.92. The van der Waals surface area contributed by atoms with Gasteiger partial charge in [0.25, 0.3) is 5.69 Å². The summed E-state index contributed by atoms with van der Waals surface area (Å²) in [6, 6.07) is 7.21. The molecule has 4 nitrogen and oxygen atoms in total. The first kappa shape index (κ1) is 11.4. The van der Waals surface area contributed by atoms with Crippen LogP contribution in [0.15, 0.2) is 30.3 Å². The van der Waals surface area contributed by atoms with Crippen molar-refractivity contribution < 1.29 is 4.92 Å². The molecule has 4 heteroatoms. The summed E-state index contributed by atoms with van der Waals surface area (Å²) in [5.41, 5.74) is 8.90. The van der Waals surface area contributed by atoms with E-state index in [0.717, 1.165) is 31.2 Å². The van der Waals surface area contributed by atoms with Crippen LogP contribution in [0.25, 0.3) is 5.57 Å². The molecule has 0 amide bonds. The third-order valence-electron chi connectivity index (χ3n) is 4.35. The standard InChI is InChI=1S/C14H16N2O2/c15-13-9-14(13)7-5-11(6-8-14)10-1-3-12(4-2-10)16(17)18/h1-5,13H,6-9,15H2. The van der Waals surface area contributed by atoms with Crippen molar-refractivity contribution in [2.24, 2.45) is 11.1 Å². The van der Waals surface area contributed by atoms with Crippen LogP contribution in [-0.2, 0) is 0 Å². The van der Waals surface area contributed by atoms with E-state index < -0.39 is 0 Å². The summed E-state index contributed by atoms with van der Waals surface area (Å²) in [4.78, 5) is 10.2. The van der Waals surface area contributed by atoms with Crippen LogP contribution in [0.4, 0.5) is 5.69 Å². The van der Waals surface area contributed by atoms with Gasteiger partial charge in [-0.05, 0) is 54.4 Å². The van der Waals surface area contributed by atoms with Crippen LogP contribution in [0, 0.1) is 15.5 Å². The molecule has 2 N–H and O–H groups in total. The van der Waals surface area contributed by atoms with Crippen LogP contribution in [0.3, 0.4) is 0 Å². The Hall–Kier alpha value is -1.68. The van der Waals surface area contributed by atoms with Crippen molar-refractivity contribution in [3.05, 3.63) is 46.0 Å². The lowest BCUT2D eigenvalue weighted by Crippen LogP contribution is -2.16. The van der Waals surface area contributed by atoms with E-state index in [1.54, 1.807) is 12.1 Å². The van der Waals surface area contributed by atoms with Crippen LogP contribution >= 0.6 is 0 Å². The van der Waals surface area contributed by atoms with Crippen LogP contribution in [-0.4, -0.2) is 11.0 Å². The van der Waals surface area contributed by atoms with Crippen molar-refractivity contribution in [1.29, 1.82) is 0 Å². The molecule has 1 aromatic rings. The highest BCUT2D eigenvalue weighted by Crippen LogP contribution is 2.55. The van der Waals surface area contributed by atoms with Gasteiger partial charge in [0.05, 0.1) is 4.92 Å². The van der Waals surface area contributed by atoms with Crippen molar-refractivity contribution in [2.45, 2.75) is 31.7 Å². The smallest absolute Gasteiger partial charge is 0.269 e. The predicted octanol–water partition coefficient (Wildman–Crippen LogP) is 2.88. The Kier molecular flexibility index (Phi) is 2.48. The largest absolute Gasteiger partial charge is 0.327 e. The molecule has 1 spiro atoms. The molecular weight excluding hydrogens is 228 g/mol. The minimum atomic E-state index is -0.364. The molecule has 0 saturated heterocycles. The number of nitro groups is 1. The molecule has 18 heavy (non-hydrogen) atoms. The topological polar surface area (TPSA) is 69.2 Å². The van der Waals surface area contributed by atoms with Crippen molar-refractivity contribution in [3.8, 4) is 0 Å². The number of non-ortho nitro benzene ring substituents is 1. The molecule has 2 atom stereocenters. The van der Waals surface area contributed by atoms with E-state index in [2.05, 4.69) is 6.08 Å². The monoisotopic (exact) mass is 244 g/mol. The van der Waals surface area contributed by atoms with Crippen LogP contribution in [0.2, 0.25) is 0 Å². The number of hydrogen-bond acceptors (Lipinski definition) is 3. The molecule has 94 valence electrons. The van der Waals surface area contributed by atoms with Gasteiger partial charge >= 0.3 is 0 Å². The molecule has 0 aliphatic heterocycles. The number of nitrogens with two attached hydrogens (primary N) is 1. The fraction of sp³-hybridized carbons (Fsp3) is 0.429. The molecule has 3 rings (SSSR count). The molecule has 1 saturated carbocycles. The summed E-state index contributed by atoms with van der Waals surface area (Å²) in [7, 11) is 0. The summed E-state index contributed by atoms with van der Waals surface area (Å²) in [6.07, 6.45) is 6.65. The lowest BCUT2D eigenvalue weighted by atomic mass is 9.84. The summed E-state index contributed by atoms with van der Waals surface area (Å²) in [5, 5.41) is 10.6. The SMILES string of the molecule is NC1CC12CC=C(c1ccc([N+](=O)[O-])cc1)CC2. The summed E-state index contributed by atoms with van der Waals surface area (Å²) < 4.78 is 0. The Labute approximate surface area is 106 Å². The Morgan fingerprint density at radius 3 is 2.44 bits per heavy atom. The van der Waals surface area contributed by atoms with Gasteiger partial charge in [-0.1, -0.05) is 6.08 Å². The lowest BCUT2D eigenvalue weighted by molar-refractivity contribution is -0.384. The Morgan fingerprint density at radius 2 is 2.00 bits per heavy atom. The van der Waals surface area contributed by atoms with Crippen LogP contribution in [0.1, 0.15) is 31.2 Å². The van der Waals surface area contributed by atoms with E-state index in [1.165, 1.54) is 5.57 Å². The second-order valence-electron chi connectivity index (χ2n) is 5.41. The van der Waals surface area contributed by atoms with E-state index in [4.69, 9.17) is 5.73 Å². The highest BCUT2D eigenvalue weighted by atomic mass is 16.6. The molecule has 2 aliphatic carbocycles. The third kappa shape index (κ3) is 1.82. The van der Waals surface area contributed by atoms with Gasteiger partial charge in [0, 0.05) is 18.2 Å². The molecule has 0 radical (unpaired) electrons. The molecule has 2 unspecified atom stereocenters. The molecule has 1 aromatic carbocycles. The van der Waals surface area contributed by atoms with Crippen molar-refractivity contribution in [3.63, 3.8) is 0 Å². The van der Waals surface area contributed by atoms with Gasteiger partial charge in [-0.3, -0.25) is 10.1 Å². The van der Waals surface area contributed by atoms with Gasteiger partial charge in [-0.25, -0.2) is 0 Å². The normalized spacial score (nSPS) is 30.1. The van der Waals surface area contributed by atoms with Gasteiger partial charge in [-0.2, -0.15) is 0 Å². The number of allylic oxidation sites excluding steroid dienone is 2. The van der Waals surface area contributed by atoms with Gasteiger partial charge in [-0.15, -0.1) is 0 Å². The lowest BCUT2D eigenvalue weighted by Gasteiger charge is -2.22. The third-order valence-corrected chi connectivity index (χ3v) is 4.35. The van der Waals surface area contributed by atoms with Gasteiger partial charge in [0.1, 0.15) is 0 Å². The summed E-state index contributed by atoms with van der Waals surface area (Å²) in [6.45, 7) is 0. The van der Waals surface area contributed by atoms with Crippen LogP contribution in [0.5, 0.6) is 0 Å². The van der Waals surface area contributed by atoms with Crippen LogP contribution < -0.4 is 5.73 Å². The second-order valence-corrected chi connectivity index (χ2v) is 5.41. The number of nitro benzene ring substituents is 1. The van der Waals surface area contributed by atoms with Gasteiger partial charge < -0.3 is 5.73 Å². The predicted molar refractivity (Wildman–Crippen MR) is 69.9 cm³/mol. The quantitative estimate of drug-likeness (QED) is 0.642. The average molecular weight is 244 g/mol. The highest BCUT2D eigenvalue weighted by molar-refractivity contribution is 5.67. The Bertz CT molecular complexity index is 521. The fourth-order valence-corrected chi connectivity index (χ4v) is 2.87. The molecular formula is C14H16N2O2. The first-order chi connectivity index (χ1) is 8.61. The number of hydrogen-bond donors (Lipinski definition) is 1. The van der Waals surface area contributed by atoms with E-state index >= 15 is 0 Å². The number of rotatable bonds is 2.